The van der Waals surface area contributed by atoms with E-state index in [0.29, 0.717) is 12.8 Å². The van der Waals surface area contributed by atoms with Crippen LogP contribution in [0.4, 0.5) is 4.79 Å². The number of carbonyl (C=O) groups is 4. The van der Waals surface area contributed by atoms with Crippen LogP contribution in [0.1, 0.15) is 49.1 Å². The number of nitrogens with zero attached hydrogens (tertiary/aromatic N) is 1. The second-order valence-corrected chi connectivity index (χ2v) is 9.27. The quantitative estimate of drug-likeness (QED) is 0.608. The fourth-order valence-corrected chi connectivity index (χ4v) is 5.50. The summed E-state index contributed by atoms with van der Waals surface area (Å²) in [6, 6.07) is 14.4. The third-order valence-corrected chi connectivity index (χ3v) is 7.19. The Morgan fingerprint density at radius 1 is 1.00 bits per heavy atom. The highest BCUT2D eigenvalue weighted by atomic mass is 16.5. The van der Waals surface area contributed by atoms with Crippen LogP contribution in [0.2, 0.25) is 0 Å². The molecule has 3 N–H and O–H groups in total. The van der Waals surface area contributed by atoms with Crippen LogP contribution in [-0.4, -0.2) is 52.7 Å². The monoisotopic (exact) mass is 477 g/mol. The Morgan fingerprint density at radius 2 is 1.63 bits per heavy atom. The number of amides is 3. The van der Waals surface area contributed by atoms with Gasteiger partial charge in [-0.2, -0.15) is 0 Å². The first-order chi connectivity index (χ1) is 16.9. The molecule has 1 unspecified atom stereocenters. The van der Waals surface area contributed by atoms with Gasteiger partial charge in [0, 0.05) is 12.0 Å². The van der Waals surface area contributed by atoms with E-state index >= 15 is 0 Å². The molecule has 0 aromatic heterocycles. The highest BCUT2D eigenvalue weighted by Gasteiger charge is 2.44. The number of rotatable bonds is 5. The summed E-state index contributed by atoms with van der Waals surface area (Å²) >= 11 is 0. The third kappa shape index (κ3) is 4.34. The number of benzene rings is 2. The molecule has 2 fully saturated rings. The number of hydrogen-bond donors (Lipinski definition) is 3. The molecule has 2 aromatic rings. The number of alkyl carbamates (subject to hydrolysis) is 1. The third-order valence-electron chi connectivity index (χ3n) is 7.19. The summed E-state index contributed by atoms with van der Waals surface area (Å²) in [5.74, 6) is -2.96. The van der Waals surface area contributed by atoms with Crippen molar-refractivity contribution in [2.24, 2.45) is 5.92 Å². The number of fused-ring (bicyclic) bond motifs is 3. The second-order valence-electron chi connectivity index (χ2n) is 9.27. The number of aliphatic carboxylic acids is 1. The van der Waals surface area contributed by atoms with Crippen molar-refractivity contribution >= 4 is 23.9 Å². The Morgan fingerprint density at radius 3 is 2.29 bits per heavy atom. The molecule has 1 saturated carbocycles. The minimum absolute atomic E-state index is 0.0759. The second kappa shape index (κ2) is 9.40. The molecule has 0 spiro atoms. The van der Waals surface area contributed by atoms with E-state index in [-0.39, 0.29) is 18.9 Å². The molecule has 9 nitrogen and oxygen atoms in total. The highest BCUT2D eigenvalue weighted by molar-refractivity contribution is 5.94. The number of hydrazine groups is 1. The molecule has 3 amide bonds. The van der Waals surface area contributed by atoms with Crippen molar-refractivity contribution in [3.8, 4) is 11.1 Å². The summed E-state index contributed by atoms with van der Waals surface area (Å²) in [6.45, 7) is 0.161. The fourth-order valence-electron chi connectivity index (χ4n) is 5.50. The standard InChI is InChI=1S/C26H27N3O6/c30-23-13-22(25(32)33)29(28-23)24(31)19-11-5-6-12-21(19)27-26(34)35-14-20-17-9-3-1-7-15(17)16-8-2-4-10-18(16)20/h1-4,7-10,19-22H,5-6,11-14H2,(H,27,34)(H,28,30)(H,32,33)/t19-,21+,22?/m1/s1. The van der Waals surface area contributed by atoms with Gasteiger partial charge in [0.15, 0.2) is 6.04 Å². The first-order valence-corrected chi connectivity index (χ1v) is 11.9. The van der Waals surface area contributed by atoms with Crippen LogP contribution in [0.15, 0.2) is 48.5 Å². The molecule has 1 saturated heterocycles. The van der Waals surface area contributed by atoms with Gasteiger partial charge in [-0.05, 0) is 35.1 Å². The molecule has 0 radical (unpaired) electrons. The predicted octanol–water partition coefficient (Wildman–Crippen LogP) is 2.80. The Balaban J connectivity index is 1.25. The van der Waals surface area contributed by atoms with E-state index in [2.05, 4.69) is 22.9 Å². The van der Waals surface area contributed by atoms with E-state index in [0.717, 1.165) is 40.1 Å². The molecular formula is C26H27N3O6. The van der Waals surface area contributed by atoms with Crippen LogP contribution in [0.3, 0.4) is 0 Å². The summed E-state index contributed by atoms with van der Waals surface area (Å²) in [5.41, 5.74) is 6.84. The zero-order valence-corrected chi connectivity index (χ0v) is 19.1. The molecule has 182 valence electrons. The maximum atomic E-state index is 13.2. The van der Waals surface area contributed by atoms with E-state index in [1.807, 2.05) is 36.4 Å². The molecule has 3 atom stereocenters. The Kier molecular flexibility index (Phi) is 6.15. The smallest absolute Gasteiger partial charge is 0.407 e. The summed E-state index contributed by atoms with van der Waals surface area (Å²) < 4.78 is 5.63. The number of nitrogens with one attached hydrogen (secondary N) is 2. The van der Waals surface area contributed by atoms with Crippen molar-refractivity contribution in [3.63, 3.8) is 0 Å². The molecule has 9 heteroatoms. The van der Waals surface area contributed by atoms with Crippen molar-refractivity contribution in [1.82, 2.24) is 15.8 Å². The van der Waals surface area contributed by atoms with Gasteiger partial charge >= 0.3 is 12.1 Å². The molecule has 2 aliphatic carbocycles. The number of carbonyl (C=O) groups excluding carboxylic acids is 3. The lowest BCUT2D eigenvalue weighted by molar-refractivity contribution is -0.153. The van der Waals surface area contributed by atoms with Crippen molar-refractivity contribution < 1.29 is 29.0 Å². The van der Waals surface area contributed by atoms with Gasteiger partial charge in [-0.15, -0.1) is 0 Å². The molecule has 1 heterocycles. The number of carboxylic acid groups (broad SMARTS) is 1. The largest absolute Gasteiger partial charge is 0.480 e. The molecular weight excluding hydrogens is 450 g/mol. The molecule has 2 aromatic carbocycles. The van der Waals surface area contributed by atoms with Crippen molar-refractivity contribution in [2.45, 2.75) is 50.1 Å². The van der Waals surface area contributed by atoms with Crippen molar-refractivity contribution in [1.29, 1.82) is 0 Å². The first kappa shape index (κ1) is 22.9. The van der Waals surface area contributed by atoms with Gasteiger partial charge in [0.1, 0.15) is 6.61 Å². The van der Waals surface area contributed by atoms with Crippen LogP contribution in [0.25, 0.3) is 11.1 Å². The molecule has 1 aliphatic heterocycles. The van der Waals surface area contributed by atoms with Gasteiger partial charge in [0.25, 0.3) is 0 Å². The van der Waals surface area contributed by atoms with Gasteiger partial charge in [0.2, 0.25) is 11.8 Å². The zero-order valence-electron chi connectivity index (χ0n) is 19.1. The Bertz CT molecular complexity index is 1140. The SMILES string of the molecule is O=C1CC(C(=O)O)N(C(=O)[C@@H]2CCCC[C@@H]2NC(=O)OCC2c3ccccc3-c3ccccc32)N1. The van der Waals surface area contributed by atoms with Crippen molar-refractivity contribution in [2.75, 3.05) is 6.61 Å². The number of hydrogen-bond acceptors (Lipinski definition) is 5. The molecule has 0 bridgehead atoms. The van der Waals surface area contributed by atoms with Crippen LogP contribution in [-0.2, 0) is 19.1 Å². The summed E-state index contributed by atoms with van der Waals surface area (Å²) in [5, 5.41) is 13.1. The van der Waals surface area contributed by atoms with Gasteiger partial charge in [0.05, 0.1) is 12.3 Å². The minimum Gasteiger partial charge on any atom is -0.480 e. The predicted molar refractivity (Wildman–Crippen MR) is 125 cm³/mol. The zero-order chi connectivity index (χ0) is 24.5. The molecule has 5 rings (SSSR count). The van der Waals surface area contributed by atoms with E-state index in [9.17, 15) is 24.3 Å². The van der Waals surface area contributed by atoms with Crippen molar-refractivity contribution in [3.05, 3.63) is 59.7 Å². The van der Waals surface area contributed by atoms with Crippen LogP contribution in [0, 0.1) is 5.92 Å². The Labute approximate surface area is 202 Å². The lowest BCUT2D eigenvalue weighted by atomic mass is 9.83. The van der Waals surface area contributed by atoms with E-state index in [1.54, 1.807) is 0 Å². The Hall–Kier alpha value is -3.88. The average Bonchev–Trinajstić information content (AvgIpc) is 3.41. The average molecular weight is 478 g/mol. The van der Waals surface area contributed by atoms with Crippen LogP contribution in [0.5, 0.6) is 0 Å². The van der Waals surface area contributed by atoms with Gasteiger partial charge in [-0.3, -0.25) is 15.0 Å². The van der Waals surface area contributed by atoms with E-state index < -0.39 is 41.9 Å². The number of ether oxygens (including phenoxy) is 1. The molecule has 35 heavy (non-hydrogen) atoms. The topological polar surface area (TPSA) is 125 Å². The van der Waals surface area contributed by atoms with E-state index in [4.69, 9.17) is 4.74 Å². The summed E-state index contributed by atoms with van der Waals surface area (Å²) in [4.78, 5) is 49.2. The molecule has 3 aliphatic rings. The first-order valence-electron chi connectivity index (χ1n) is 11.9. The lowest BCUT2D eigenvalue weighted by Crippen LogP contribution is -2.54. The maximum absolute atomic E-state index is 13.2. The fraction of sp³-hybridized carbons (Fsp3) is 0.385. The van der Waals surface area contributed by atoms with Crippen LogP contribution >= 0.6 is 0 Å². The summed E-state index contributed by atoms with van der Waals surface area (Å²) in [6.07, 6.45) is 1.77. The lowest BCUT2D eigenvalue weighted by Gasteiger charge is -2.34. The highest BCUT2D eigenvalue weighted by Crippen LogP contribution is 2.44. The van der Waals surface area contributed by atoms with Gasteiger partial charge in [-0.1, -0.05) is 61.4 Å². The van der Waals surface area contributed by atoms with Gasteiger partial charge in [-0.25, -0.2) is 14.6 Å². The maximum Gasteiger partial charge on any atom is 0.407 e. The summed E-state index contributed by atoms with van der Waals surface area (Å²) in [7, 11) is 0. The van der Waals surface area contributed by atoms with E-state index in [1.165, 1.54) is 0 Å². The van der Waals surface area contributed by atoms with Gasteiger partial charge < -0.3 is 15.2 Å². The number of carboxylic acids is 1. The normalized spacial score (nSPS) is 23.3. The van der Waals surface area contributed by atoms with Crippen LogP contribution < -0.4 is 10.7 Å². The minimum atomic E-state index is -1.24.